The first-order valence-corrected chi connectivity index (χ1v) is 3.08. The highest BCUT2D eigenvalue weighted by Gasteiger charge is 1.91. The molecule has 0 saturated carbocycles. The van der Waals surface area contributed by atoms with Crippen LogP contribution >= 0.6 is 0 Å². The Morgan fingerprint density at radius 2 is 1.33 bits per heavy atom. The van der Waals surface area contributed by atoms with Crippen molar-refractivity contribution in [3.05, 3.63) is 12.8 Å². The molecule has 0 aromatic heterocycles. The van der Waals surface area contributed by atoms with Crippen molar-refractivity contribution in [2.45, 2.75) is 0 Å². The van der Waals surface area contributed by atoms with E-state index in [9.17, 15) is 0 Å². The van der Waals surface area contributed by atoms with Crippen LogP contribution in [-0.4, -0.2) is 31.3 Å². The quantitative estimate of drug-likeness (QED) is 0.400. The molecule has 0 atom stereocenters. The van der Waals surface area contributed by atoms with Gasteiger partial charge in [0.05, 0.1) is 6.26 Å². The lowest BCUT2D eigenvalue weighted by Gasteiger charge is -2.11. The lowest BCUT2D eigenvalue weighted by molar-refractivity contribution is 0.476. The Labute approximate surface area is 55.8 Å². The number of hydrogen-bond donors (Lipinski definition) is 3. The first kappa shape index (κ1) is 8.46. The van der Waals surface area contributed by atoms with Crippen LogP contribution in [0.2, 0.25) is 0 Å². The molecule has 0 unspecified atom stereocenters. The molecule has 0 spiro atoms. The second-order valence-corrected chi connectivity index (χ2v) is 1.68. The third-order valence-electron chi connectivity index (χ3n) is 0.957. The molecule has 1 aliphatic heterocycles. The zero-order valence-corrected chi connectivity index (χ0v) is 5.56. The molecule has 1 rings (SSSR count). The third-order valence-corrected chi connectivity index (χ3v) is 0.957. The number of aliphatic hydroxyl groups is 1. The molecular weight excluding hydrogens is 116 g/mol. The van der Waals surface area contributed by atoms with Crippen LogP contribution in [0.25, 0.3) is 0 Å². The van der Waals surface area contributed by atoms with E-state index in [4.69, 9.17) is 5.11 Å². The van der Waals surface area contributed by atoms with Gasteiger partial charge in [-0.05, 0) is 0 Å². The minimum atomic E-state index is 0.750. The zero-order chi connectivity index (χ0) is 6.95. The lowest BCUT2D eigenvalue weighted by atomic mass is 10.4. The van der Waals surface area contributed by atoms with E-state index in [2.05, 4.69) is 17.2 Å². The number of aliphatic hydroxyl groups excluding tert-OH is 1. The molecule has 1 saturated heterocycles. The Hall–Kier alpha value is -0.540. The summed E-state index contributed by atoms with van der Waals surface area (Å²) in [5.74, 6) is 0. The van der Waals surface area contributed by atoms with E-state index in [0.29, 0.717) is 0 Å². The standard InChI is InChI=1S/C4H10N2.C2H4O/c1-2-6-4-3-5-1;1-2-3/h5-6H,1-4H2;2-3H,1H2. The highest BCUT2D eigenvalue weighted by atomic mass is 16.2. The normalized spacial score (nSPS) is 17.3. The summed E-state index contributed by atoms with van der Waals surface area (Å²) < 4.78 is 0. The van der Waals surface area contributed by atoms with Gasteiger partial charge in [-0.15, -0.1) is 0 Å². The molecule has 3 nitrogen and oxygen atoms in total. The van der Waals surface area contributed by atoms with E-state index < -0.39 is 0 Å². The van der Waals surface area contributed by atoms with E-state index in [1.807, 2.05) is 0 Å². The van der Waals surface area contributed by atoms with Crippen LogP contribution in [0, 0.1) is 0 Å². The highest BCUT2D eigenvalue weighted by Crippen LogP contribution is 1.65. The van der Waals surface area contributed by atoms with Crippen molar-refractivity contribution in [2.24, 2.45) is 0 Å². The van der Waals surface area contributed by atoms with Gasteiger partial charge in [0.1, 0.15) is 0 Å². The third kappa shape index (κ3) is 7.46. The summed E-state index contributed by atoms with van der Waals surface area (Å²) in [4.78, 5) is 0. The van der Waals surface area contributed by atoms with E-state index in [1.165, 1.54) is 0 Å². The average molecular weight is 130 g/mol. The Balaban J connectivity index is 0.000000187. The minimum absolute atomic E-state index is 0.750. The average Bonchev–Trinajstić information content (AvgIpc) is 1.93. The summed E-state index contributed by atoms with van der Waals surface area (Å²) in [7, 11) is 0. The van der Waals surface area contributed by atoms with E-state index in [-0.39, 0.29) is 0 Å². The van der Waals surface area contributed by atoms with Gasteiger partial charge in [0.15, 0.2) is 0 Å². The molecule has 0 aromatic rings. The summed E-state index contributed by atoms with van der Waals surface area (Å²) in [5.41, 5.74) is 0. The highest BCUT2D eigenvalue weighted by molar-refractivity contribution is 4.59. The van der Waals surface area contributed by atoms with Gasteiger partial charge >= 0.3 is 0 Å². The molecule has 0 aromatic carbocycles. The van der Waals surface area contributed by atoms with Crippen LogP contribution in [0.1, 0.15) is 0 Å². The van der Waals surface area contributed by atoms with Crippen LogP contribution in [0.3, 0.4) is 0 Å². The molecule has 1 heterocycles. The number of nitrogens with one attached hydrogen (secondary N) is 2. The molecule has 0 amide bonds. The maximum absolute atomic E-state index is 7.33. The topological polar surface area (TPSA) is 44.3 Å². The Kier molecular flexibility index (Phi) is 7.01. The predicted octanol–water partition coefficient (Wildman–Crippen LogP) is -0.133. The van der Waals surface area contributed by atoms with Crippen LogP contribution in [-0.2, 0) is 0 Å². The van der Waals surface area contributed by atoms with E-state index in [0.717, 1.165) is 32.4 Å². The molecule has 9 heavy (non-hydrogen) atoms. The van der Waals surface area contributed by atoms with Crippen LogP contribution < -0.4 is 10.6 Å². The number of piperazine rings is 1. The van der Waals surface area contributed by atoms with Crippen molar-refractivity contribution in [3.8, 4) is 0 Å². The summed E-state index contributed by atoms with van der Waals surface area (Å²) in [6.45, 7) is 7.47. The molecule has 0 aliphatic carbocycles. The van der Waals surface area contributed by atoms with Gasteiger partial charge in [-0.25, -0.2) is 0 Å². The zero-order valence-electron chi connectivity index (χ0n) is 5.56. The first-order valence-electron chi connectivity index (χ1n) is 3.08. The Morgan fingerprint density at radius 3 is 1.44 bits per heavy atom. The van der Waals surface area contributed by atoms with Crippen molar-refractivity contribution < 1.29 is 5.11 Å². The fourth-order valence-corrected chi connectivity index (χ4v) is 0.604. The first-order chi connectivity index (χ1) is 4.41. The minimum Gasteiger partial charge on any atom is -0.516 e. The van der Waals surface area contributed by atoms with Crippen molar-refractivity contribution in [1.29, 1.82) is 0 Å². The van der Waals surface area contributed by atoms with E-state index in [1.54, 1.807) is 0 Å². The maximum atomic E-state index is 7.33. The fourth-order valence-electron chi connectivity index (χ4n) is 0.604. The van der Waals surface area contributed by atoms with Crippen molar-refractivity contribution in [1.82, 2.24) is 10.6 Å². The van der Waals surface area contributed by atoms with Crippen molar-refractivity contribution in [3.63, 3.8) is 0 Å². The monoisotopic (exact) mass is 130 g/mol. The lowest BCUT2D eigenvalue weighted by Crippen LogP contribution is -2.39. The summed E-state index contributed by atoms with van der Waals surface area (Å²) >= 11 is 0. The second kappa shape index (κ2) is 7.46. The SMILES string of the molecule is C1CNCCN1.C=CO. The molecule has 3 heteroatoms. The van der Waals surface area contributed by atoms with Gasteiger partial charge in [-0.3, -0.25) is 0 Å². The van der Waals surface area contributed by atoms with Crippen molar-refractivity contribution in [2.75, 3.05) is 26.2 Å². The second-order valence-electron chi connectivity index (χ2n) is 1.68. The largest absolute Gasteiger partial charge is 0.516 e. The Bertz CT molecular complexity index is 50.6. The molecule has 1 fully saturated rings. The number of rotatable bonds is 0. The molecule has 3 N–H and O–H groups in total. The van der Waals surface area contributed by atoms with Crippen LogP contribution in [0.15, 0.2) is 12.8 Å². The van der Waals surface area contributed by atoms with Gasteiger partial charge in [0.2, 0.25) is 0 Å². The van der Waals surface area contributed by atoms with Gasteiger partial charge in [-0.1, -0.05) is 6.58 Å². The molecule has 0 bridgehead atoms. The van der Waals surface area contributed by atoms with Gasteiger partial charge in [0, 0.05) is 26.2 Å². The molecule has 0 radical (unpaired) electrons. The molecule has 1 aliphatic rings. The fraction of sp³-hybridized carbons (Fsp3) is 0.667. The van der Waals surface area contributed by atoms with Crippen molar-refractivity contribution >= 4 is 0 Å². The van der Waals surface area contributed by atoms with Gasteiger partial charge < -0.3 is 15.7 Å². The van der Waals surface area contributed by atoms with Crippen LogP contribution in [0.4, 0.5) is 0 Å². The smallest absolute Gasteiger partial charge is 0.0719 e. The number of hydrogen-bond acceptors (Lipinski definition) is 3. The summed E-state index contributed by atoms with van der Waals surface area (Å²) in [6.07, 6.45) is 0.750. The predicted molar refractivity (Wildman–Crippen MR) is 38.6 cm³/mol. The van der Waals surface area contributed by atoms with Gasteiger partial charge in [0.25, 0.3) is 0 Å². The van der Waals surface area contributed by atoms with E-state index >= 15 is 0 Å². The van der Waals surface area contributed by atoms with Gasteiger partial charge in [-0.2, -0.15) is 0 Å². The van der Waals surface area contributed by atoms with Crippen LogP contribution in [0.5, 0.6) is 0 Å². The maximum Gasteiger partial charge on any atom is 0.0719 e. The summed E-state index contributed by atoms with van der Waals surface area (Å²) in [5, 5.41) is 13.8. The Morgan fingerprint density at radius 1 is 1.11 bits per heavy atom. The summed E-state index contributed by atoms with van der Waals surface area (Å²) in [6, 6.07) is 0. The molecule has 54 valence electrons. The molecular formula is C6H14N2O.